The summed E-state index contributed by atoms with van der Waals surface area (Å²) in [7, 11) is -3.63. The lowest BCUT2D eigenvalue weighted by Gasteiger charge is -2.15. The van der Waals surface area contributed by atoms with Crippen molar-refractivity contribution >= 4 is 21.1 Å². The van der Waals surface area contributed by atoms with Crippen LogP contribution >= 0.6 is 0 Å². The number of rotatable bonds is 2. The molecule has 2 aromatic rings. The van der Waals surface area contributed by atoms with E-state index in [-0.39, 0.29) is 18.0 Å². The van der Waals surface area contributed by atoms with Crippen LogP contribution in [0.1, 0.15) is 0 Å². The predicted octanol–water partition coefficient (Wildman–Crippen LogP) is -0.745. The van der Waals surface area contributed by atoms with Gasteiger partial charge in [-0.1, -0.05) is 0 Å². The highest BCUT2D eigenvalue weighted by Gasteiger charge is 2.36. The summed E-state index contributed by atoms with van der Waals surface area (Å²) in [5, 5.41) is 9.57. The Hall–Kier alpha value is -1.48. The zero-order valence-corrected chi connectivity index (χ0v) is 10.8. The van der Waals surface area contributed by atoms with Crippen molar-refractivity contribution < 1.29 is 13.5 Å². The molecular formula is C11H14N4O3S. The molecular weight excluding hydrogens is 268 g/mol. The predicted molar refractivity (Wildman–Crippen MR) is 68.8 cm³/mol. The van der Waals surface area contributed by atoms with E-state index < -0.39 is 22.2 Å². The van der Waals surface area contributed by atoms with Gasteiger partial charge in [0.15, 0.2) is 0 Å². The van der Waals surface area contributed by atoms with E-state index in [4.69, 9.17) is 5.73 Å². The Morgan fingerprint density at radius 3 is 2.89 bits per heavy atom. The molecule has 7 nitrogen and oxygen atoms in total. The summed E-state index contributed by atoms with van der Waals surface area (Å²) in [6.07, 6.45) is 0.696. The fourth-order valence-corrected chi connectivity index (χ4v) is 3.72. The topological polar surface area (TPSA) is 112 Å². The van der Waals surface area contributed by atoms with E-state index in [2.05, 4.69) is 9.97 Å². The number of aliphatic hydroxyl groups is 1. The molecule has 4 N–H and O–H groups in total. The number of imidazole rings is 1. The van der Waals surface area contributed by atoms with E-state index in [1.807, 2.05) is 0 Å². The Balaban J connectivity index is 2.00. The van der Waals surface area contributed by atoms with Gasteiger partial charge >= 0.3 is 0 Å². The molecule has 1 aliphatic heterocycles. The summed E-state index contributed by atoms with van der Waals surface area (Å²) in [6, 6.07) is 4.15. The molecule has 0 unspecified atom stereocenters. The van der Waals surface area contributed by atoms with Gasteiger partial charge < -0.3 is 15.8 Å². The smallest absolute Gasteiger partial charge is 0.243 e. The highest BCUT2D eigenvalue weighted by atomic mass is 32.2. The van der Waals surface area contributed by atoms with E-state index in [0.717, 1.165) is 0 Å². The first kappa shape index (κ1) is 12.5. The molecule has 2 heterocycles. The van der Waals surface area contributed by atoms with Gasteiger partial charge in [-0.2, -0.15) is 4.31 Å². The molecule has 1 aromatic carbocycles. The first-order chi connectivity index (χ1) is 8.98. The number of aliphatic hydroxyl groups excluding tert-OH is 1. The third kappa shape index (κ3) is 2.02. The molecule has 19 heavy (non-hydrogen) atoms. The first-order valence-corrected chi connectivity index (χ1v) is 7.29. The molecule has 1 aromatic heterocycles. The van der Waals surface area contributed by atoms with E-state index in [9.17, 15) is 13.5 Å². The van der Waals surface area contributed by atoms with Crippen LogP contribution in [-0.2, 0) is 10.0 Å². The van der Waals surface area contributed by atoms with E-state index in [1.54, 1.807) is 6.07 Å². The van der Waals surface area contributed by atoms with Crippen molar-refractivity contribution in [2.45, 2.75) is 17.0 Å². The molecule has 8 heteroatoms. The van der Waals surface area contributed by atoms with Gasteiger partial charge in [0, 0.05) is 19.1 Å². The standard InChI is InChI=1S/C11H14N4O3S/c12-8-4-15(5-11(8)16)19(17,18)7-1-2-9-10(3-7)14-6-13-9/h1-3,6,8,11,16H,4-5,12H2,(H,13,14)/t8-,11-/m1/s1. The molecule has 0 radical (unpaired) electrons. The second-order valence-corrected chi connectivity index (χ2v) is 6.57. The average molecular weight is 282 g/mol. The van der Waals surface area contributed by atoms with Gasteiger partial charge in [0.05, 0.1) is 28.4 Å². The Kier molecular flexibility index (Phi) is 2.82. The maximum Gasteiger partial charge on any atom is 0.243 e. The summed E-state index contributed by atoms with van der Waals surface area (Å²) in [5.41, 5.74) is 7.01. The van der Waals surface area contributed by atoms with Crippen LogP contribution in [0.25, 0.3) is 11.0 Å². The molecule has 2 atom stereocenters. The van der Waals surface area contributed by atoms with E-state index in [0.29, 0.717) is 11.0 Å². The number of β-amino-alcohol motifs (C(OH)–C–C–N with tert-alkyl or cyclic N) is 1. The minimum Gasteiger partial charge on any atom is -0.390 e. The second kappa shape index (κ2) is 4.27. The largest absolute Gasteiger partial charge is 0.390 e. The number of nitrogens with zero attached hydrogens (tertiary/aromatic N) is 2. The molecule has 0 aliphatic carbocycles. The summed E-state index contributed by atoms with van der Waals surface area (Å²) in [5.74, 6) is 0. The van der Waals surface area contributed by atoms with Crippen molar-refractivity contribution in [3.8, 4) is 0 Å². The third-order valence-electron chi connectivity index (χ3n) is 3.33. The van der Waals surface area contributed by atoms with Crippen LogP contribution < -0.4 is 5.73 Å². The summed E-state index contributed by atoms with van der Waals surface area (Å²) < 4.78 is 26.0. The third-order valence-corrected chi connectivity index (χ3v) is 5.16. The van der Waals surface area contributed by atoms with Crippen LogP contribution in [0.5, 0.6) is 0 Å². The van der Waals surface area contributed by atoms with Gasteiger partial charge in [-0.05, 0) is 18.2 Å². The summed E-state index contributed by atoms with van der Waals surface area (Å²) >= 11 is 0. The number of aromatic amines is 1. The molecule has 1 saturated heterocycles. The molecule has 0 amide bonds. The number of H-pyrrole nitrogens is 1. The Morgan fingerprint density at radius 1 is 1.42 bits per heavy atom. The maximum absolute atomic E-state index is 12.4. The number of nitrogens with two attached hydrogens (primary N) is 1. The molecule has 1 fully saturated rings. The lowest BCUT2D eigenvalue weighted by molar-refractivity contribution is 0.174. The van der Waals surface area contributed by atoms with Crippen LogP contribution in [0.3, 0.4) is 0 Å². The van der Waals surface area contributed by atoms with Crippen LogP contribution in [-0.4, -0.2) is 53.0 Å². The van der Waals surface area contributed by atoms with Gasteiger partial charge in [0.2, 0.25) is 10.0 Å². The van der Waals surface area contributed by atoms with Gasteiger partial charge in [0.1, 0.15) is 0 Å². The van der Waals surface area contributed by atoms with E-state index >= 15 is 0 Å². The number of sulfonamides is 1. The van der Waals surface area contributed by atoms with Crippen molar-refractivity contribution in [3.05, 3.63) is 24.5 Å². The fraction of sp³-hybridized carbons (Fsp3) is 0.364. The zero-order valence-electron chi connectivity index (χ0n) is 10.0. The quantitative estimate of drug-likeness (QED) is 0.671. The van der Waals surface area contributed by atoms with Gasteiger partial charge in [0.25, 0.3) is 0 Å². The Morgan fingerprint density at radius 2 is 2.21 bits per heavy atom. The number of hydrogen-bond donors (Lipinski definition) is 3. The van der Waals surface area contributed by atoms with Crippen LogP contribution in [0, 0.1) is 0 Å². The highest BCUT2D eigenvalue weighted by molar-refractivity contribution is 7.89. The zero-order chi connectivity index (χ0) is 13.6. The van der Waals surface area contributed by atoms with Crippen molar-refractivity contribution in [2.24, 2.45) is 5.73 Å². The number of nitrogens with one attached hydrogen (secondary N) is 1. The normalized spacial score (nSPS) is 25.2. The van der Waals surface area contributed by atoms with Crippen LogP contribution in [0.2, 0.25) is 0 Å². The molecule has 1 aliphatic rings. The van der Waals surface area contributed by atoms with Crippen molar-refractivity contribution in [1.29, 1.82) is 0 Å². The molecule has 0 saturated carbocycles. The van der Waals surface area contributed by atoms with Gasteiger partial charge in [-0.15, -0.1) is 0 Å². The number of hydrogen-bond acceptors (Lipinski definition) is 5. The molecule has 0 spiro atoms. The average Bonchev–Trinajstić information content (AvgIpc) is 2.96. The molecule has 0 bridgehead atoms. The summed E-state index contributed by atoms with van der Waals surface area (Å²) in [4.78, 5) is 7.08. The van der Waals surface area contributed by atoms with Crippen LogP contribution in [0.15, 0.2) is 29.4 Å². The highest BCUT2D eigenvalue weighted by Crippen LogP contribution is 2.23. The number of benzene rings is 1. The Bertz CT molecular complexity index is 702. The maximum atomic E-state index is 12.4. The number of aromatic nitrogens is 2. The lowest BCUT2D eigenvalue weighted by Crippen LogP contribution is -2.33. The number of fused-ring (bicyclic) bond motifs is 1. The van der Waals surface area contributed by atoms with E-state index in [1.165, 1.54) is 22.8 Å². The SMILES string of the molecule is N[C@@H]1CN(S(=O)(=O)c2ccc3nc[nH]c3c2)C[C@H]1O. The summed E-state index contributed by atoms with van der Waals surface area (Å²) in [6.45, 7) is 0.162. The second-order valence-electron chi connectivity index (χ2n) is 4.63. The van der Waals surface area contributed by atoms with Crippen LogP contribution in [0.4, 0.5) is 0 Å². The first-order valence-electron chi connectivity index (χ1n) is 5.85. The Labute approximate surface area is 110 Å². The molecule has 102 valence electrons. The van der Waals surface area contributed by atoms with Gasteiger partial charge in [-0.25, -0.2) is 13.4 Å². The van der Waals surface area contributed by atoms with Crippen molar-refractivity contribution in [3.63, 3.8) is 0 Å². The van der Waals surface area contributed by atoms with Crippen molar-refractivity contribution in [1.82, 2.24) is 14.3 Å². The van der Waals surface area contributed by atoms with Crippen molar-refractivity contribution in [2.75, 3.05) is 13.1 Å². The minimum atomic E-state index is -3.63. The monoisotopic (exact) mass is 282 g/mol. The molecule has 3 rings (SSSR count). The fourth-order valence-electron chi connectivity index (χ4n) is 2.20. The minimum absolute atomic E-state index is 0.0323. The lowest BCUT2D eigenvalue weighted by atomic mass is 10.2. The van der Waals surface area contributed by atoms with Gasteiger partial charge in [-0.3, -0.25) is 0 Å².